The van der Waals surface area contributed by atoms with E-state index in [9.17, 15) is 4.79 Å². The van der Waals surface area contributed by atoms with Crippen LogP contribution in [0.15, 0.2) is 30.2 Å². The van der Waals surface area contributed by atoms with Gasteiger partial charge in [-0.25, -0.2) is 4.79 Å². The average Bonchev–Trinajstić information content (AvgIpc) is 2.38. The predicted octanol–water partition coefficient (Wildman–Crippen LogP) is 4.17. The van der Waals surface area contributed by atoms with Crippen LogP contribution < -0.4 is 4.74 Å². The van der Waals surface area contributed by atoms with Gasteiger partial charge in [-0.05, 0) is 18.2 Å². The summed E-state index contributed by atoms with van der Waals surface area (Å²) in [6.45, 7) is 0. The molecule has 0 fully saturated rings. The Morgan fingerprint density at radius 2 is 2.05 bits per heavy atom. The molecule has 1 rings (SSSR count). The zero-order chi connectivity index (χ0) is 14.4. The maximum absolute atomic E-state index is 11.5. The third-order valence-corrected chi connectivity index (χ3v) is 3.26. The zero-order valence-electron chi connectivity index (χ0n) is 10.2. The van der Waals surface area contributed by atoms with Crippen LogP contribution >= 0.6 is 43.5 Å². The first kappa shape index (κ1) is 16.3. The summed E-state index contributed by atoms with van der Waals surface area (Å²) < 4.78 is 14.7. The number of esters is 1. The van der Waals surface area contributed by atoms with E-state index in [-0.39, 0.29) is 9.50 Å². The minimum absolute atomic E-state index is 0.0609. The molecule has 0 aliphatic heterocycles. The van der Waals surface area contributed by atoms with Crippen molar-refractivity contribution in [3.63, 3.8) is 0 Å². The first-order valence-corrected chi connectivity index (χ1v) is 7.27. The van der Waals surface area contributed by atoms with Gasteiger partial charge in [0.2, 0.25) is 5.76 Å². The van der Waals surface area contributed by atoms with Crippen molar-refractivity contribution >= 4 is 49.4 Å². The minimum Gasteiger partial charge on any atom is -0.500 e. The van der Waals surface area contributed by atoms with Gasteiger partial charge in [0, 0.05) is 10.6 Å². The van der Waals surface area contributed by atoms with E-state index in [0.717, 1.165) is 5.56 Å². The van der Waals surface area contributed by atoms with Crippen LogP contribution in [0, 0.1) is 0 Å². The molecule has 0 N–H and O–H groups in total. The fourth-order valence-corrected chi connectivity index (χ4v) is 2.12. The number of hydrogen-bond acceptors (Lipinski definition) is 4. The van der Waals surface area contributed by atoms with Crippen LogP contribution in [0.3, 0.4) is 0 Å². The predicted molar refractivity (Wildman–Crippen MR) is 79.8 cm³/mol. The summed E-state index contributed by atoms with van der Waals surface area (Å²) >= 11 is 12.6. The van der Waals surface area contributed by atoms with Crippen molar-refractivity contribution in [1.82, 2.24) is 0 Å². The van der Waals surface area contributed by atoms with E-state index < -0.39 is 5.97 Å². The number of carbonyl (C=O) groups excluding carboxylic acids is 1. The highest BCUT2D eigenvalue weighted by molar-refractivity contribution is 9.24. The lowest BCUT2D eigenvalue weighted by Gasteiger charge is -2.13. The van der Waals surface area contributed by atoms with E-state index in [0.29, 0.717) is 10.8 Å². The lowest BCUT2D eigenvalue weighted by molar-refractivity contribution is -0.138. The quantitative estimate of drug-likeness (QED) is 0.314. The Morgan fingerprint density at radius 1 is 1.37 bits per heavy atom. The second kappa shape index (κ2) is 7.77. The van der Waals surface area contributed by atoms with Crippen molar-refractivity contribution in [2.24, 2.45) is 0 Å². The molecule has 0 amide bonds. The number of benzene rings is 1. The largest absolute Gasteiger partial charge is 0.500 e. The molecule has 0 aliphatic rings. The third kappa shape index (κ3) is 4.71. The summed E-state index contributed by atoms with van der Waals surface area (Å²) in [6.07, 6.45) is 1.17. The number of methoxy groups -OCH3 is 2. The molecular formula is C12H11Br2ClO4. The van der Waals surface area contributed by atoms with Crippen LogP contribution in [0.5, 0.6) is 5.75 Å². The second-order valence-electron chi connectivity index (χ2n) is 3.29. The topological polar surface area (TPSA) is 44.8 Å². The molecule has 1 aromatic carbocycles. The molecule has 0 radical (unpaired) electrons. The number of rotatable bonds is 5. The third-order valence-electron chi connectivity index (χ3n) is 2.04. The smallest absolute Gasteiger partial charge is 0.377 e. The van der Waals surface area contributed by atoms with Crippen LogP contribution in [-0.2, 0) is 14.3 Å². The summed E-state index contributed by atoms with van der Waals surface area (Å²) in [4.78, 5) is 11.5. The first-order chi connectivity index (χ1) is 8.99. The number of ether oxygens (including phenoxy) is 3. The van der Waals surface area contributed by atoms with E-state index in [4.69, 9.17) is 21.1 Å². The highest BCUT2D eigenvalue weighted by Crippen LogP contribution is 2.38. The molecule has 0 aromatic heterocycles. The summed E-state index contributed by atoms with van der Waals surface area (Å²) in [5.41, 5.74) is 0.735. The molecule has 104 valence electrons. The Balaban J connectivity index is 3.09. The second-order valence-corrected chi connectivity index (χ2v) is 6.79. The normalized spacial score (nSPS) is 11.4. The van der Waals surface area contributed by atoms with Gasteiger partial charge >= 0.3 is 5.97 Å². The fourth-order valence-electron chi connectivity index (χ4n) is 1.22. The maximum atomic E-state index is 11.5. The van der Waals surface area contributed by atoms with Crippen molar-refractivity contribution in [3.05, 3.63) is 40.8 Å². The van der Waals surface area contributed by atoms with E-state index in [1.165, 1.54) is 20.5 Å². The highest BCUT2D eigenvalue weighted by atomic mass is 79.9. The molecule has 7 heteroatoms. The van der Waals surface area contributed by atoms with Gasteiger partial charge in [-0.1, -0.05) is 43.5 Å². The van der Waals surface area contributed by atoms with Gasteiger partial charge in [0.05, 0.1) is 18.0 Å². The molecule has 0 spiro atoms. The Kier molecular flexibility index (Phi) is 6.68. The molecule has 0 aliphatic carbocycles. The molecule has 0 heterocycles. The average molecular weight is 414 g/mol. The van der Waals surface area contributed by atoms with Crippen molar-refractivity contribution in [2.45, 2.75) is 3.74 Å². The Morgan fingerprint density at radius 3 is 2.58 bits per heavy atom. The number of hydrogen-bond donors (Lipinski definition) is 0. The minimum atomic E-state index is -0.636. The van der Waals surface area contributed by atoms with Crippen molar-refractivity contribution < 1.29 is 19.0 Å². The number of carbonyl (C=O) groups is 1. The zero-order valence-corrected chi connectivity index (χ0v) is 14.1. The summed E-state index contributed by atoms with van der Waals surface area (Å²) in [5, 5.41) is 0.557. The van der Waals surface area contributed by atoms with E-state index >= 15 is 0 Å². The Bertz CT molecular complexity index is 489. The van der Waals surface area contributed by atoms with Crippen molar-refractivity contribution in [1.29, 1.82) is 0 Å². The fraction of sp³-hybridized carbons (Fsp3) is 0.250. The maximum Gasteiger partial charge on any atom is 0.377 e. The molecule has 19 heavy (non-hydrogen) atoms. The standard InChI is InChI=1S/C12H11Br2ClO4/c1-17-6-10(12(16)18-2)19-9-4-3-7(15)5-8(9)11(13)14/h3-6,11H,1-2H3. The first-order valence-electron chi connectivity index (χ1n) is 5.06. The summed E-state index contributed by atoms with van der Waals surface area (Å²) in [7, 11) is 2.67. The van der Waals surface area contributed by atoms with Gasteiger partial charge in [-0.3, -0.25) is 0 Å². The van der Waals surface area contributed by atoms with Gasteiger partial charge in [-0.15, -0.1) is 0 Å². The van der Waals surface area contributed by atoms with Crippen LogP contribution in [0.1, 0.15) is 9.30 Å². The van der Waals surface area contributed by atoms with Gasteiger partial charge in [0.15, 0.2) is 0 Å². The number of alkyl halides is 2. The monoisotopic (exact) mass is 412 g/mol. The summed E-state index contributed by atoms with van der Waals surface area (Å²) in [5.74, 6) is -0.241. The molecule has 0 atom stereocenters. The van der Waals surface area contributed by atoms with Gasteiger partial charge in [0.25, 0.3) is 0 Å². The molecule has 0 unspecified atom stereocenters. The van der Waals surface area contributed by atoms with E-state index in [2.05, 4.69) is 36.6 Å². The van der Waals surface area contributed by atoms with E-state index in [1.807, 2.05) is 0 Å². The van der Waals surface area contributed by atoms with Crippen LogP contribution in [0.2, 0.25) is 5.02 Å². The van der Waals surface area contributed by atoms with Crippen LogP contribution in [-0.4, -0.2) is 20.2 Å². The molecule has 0 bridgehead atoms. The van der Waals surface area contributed by atoms with Gasteiger partial charge in [-0.2, -0.15) is 0 Å². The van der Waals surface area contributed by atoms with Crippen molar-refractivity contribution in [2.75, 3.05) is 14.2 Å². The Hall–Kier alpha value is -0.720. The van der Waals surface area contributed by atoms with Crippen molar-refractivity contribution in [3.8, 4) is 5.75 Å². The van der Waals surface area contributed by atoms with Crippen LogP contribution in [0.25, 0.3) is 0 Å². The molecule has 4 nitrogen and oxygen atoms in total. The number of halogens is 3. The lowest BCUT2D eigenvalue weighted by Crippen LogP contribution is -2.12. The highest BCUT2D eigenvalue weighted by Gasteiger charge is 2.18. The molecule has 0 saturated carbocycles. The molecular weight excluding hydrogens is 403 g/mol. The summed E-state index contributed by atoms with van der Waals surface area (Å²) in [6, 6.07) is 5.02. The van der Waals surface area contributed by atoms with Gasteiger partial charge in [0.1, 0.15) is 12.0 Å². The molecule has 0 saturated heterocycles. The molecule has 1 aromatic rings. The van der Waals surface area contributed by atoms with E-state index in [1.54, 1.807) is 18.2 Å². The SMILES string of the molecule is COC=C(Oc1ccc(Cl)cc1C(Br)Br)C(=O)OC. The lowest BCUT2D eigenvalue weighted by atomic mass is 10.2. The Labute approximate surface area is 132 Å². The van der Waals surface area contributed by atoms with Crippen LogP contribution in [0.4, 0.5) is 0 Å². The van der Waals surface area contributed by atoms with Gasteiger partial charge < -0.3 is 14.2 Å².